The molecule has 0 saturated carbocycles. The number of benzene rings is 1. The number of carboxylic acid groups (broad SMARTS) is 1. The van der Waals surface area contributed by atoms with Crippen molar-refractivity contribution in [1.29, 1.82) is 0 Å². The number of aliphatic carboxylic acids is 1. The third kappa shape index (κ3) is 1.42. The van der Waals surface area contributed by atoms with Crippen molar-refractivity contribution in [3.63, 3.8) is 0 Å². The van der Waals surface area contributed by atoms with E-state index in [-0.39, 0.29) is 16.0 Å². The van der Waals surface area contributed by atoms with Crippen LogP contribution in [0.5, 0.6) is 0 Å². The van der Waals surface area contributed by atoms with Crippen molar-refractivity contribution in [2.24, 2.45) is 0 Å². The number of halogens is 1. The summed E-state index contributed by atoms with van der Waals surface area (Å²) < 4.78 is 35.6. The number of fused-ring (bicyclic) bond motifs is 1. The average molecular weight is 228 g/mol. The third-order valence-corrected chi connectivity index (χ3v) is 3.54. The molecular weight excluding hydrogens is 223 g/mol. The molecule has 1 aromatic rings. The maximum absolute atomic E-state index is 12.8. The van der Waals surface area contributed by atoms with E-state index in [9.17, 15) is 17.6 Å². The number of carbonyl (C=O) groups is 1. The maximum Gasteiger partial charge on any atom is 0.337 e. The van der Waals surface area contributed by atoms with Crippen LogP contribution in [0.2, 0.25) is 0 Å². The van der Waals surface area contributed by atoms with Crippen molar-refractivity contribution in [1.82, 2.24) is 0 Å². The zero-order valence-corrected chi connectivity index (χ0v) is 8.08. The highest BCUT2D eigenvalue weighted by Crippen LogP contribution is 2.33. The third-order valence-electron chi connectivity index (χ3n) is 2.04. The van der Waals surface area contributed by atoms with Crippen molar-refractivity contribution in [3.05, 3.63) is 35.0 Å². The molecule has 0 unspecified atom stereocenters. The Kier molecular flexibility index (Phi) is 1.90. The van der Waals surface area contributed by atoms with Crippen LogP contribution in [-0.2, 0) is 14.6 Å². The Hall–Kier alpha value is -1.69. The molecule has 15 heavy (non-hydrogen) atoms. The van der Waals surface area contributed by atoms with Crippen LogP contribution < -0.4 is 0 Å². The fourth-order valence-electron chi connectivity index (χ4n) is 1.40. The molecule has 0 fully saturated rings. The lowest BCUT2D eigenvalue weighted by Crippen LogP contribution is -1.97. The first-order valence-corrected chi connectivity index (χ1v) is 5.46. The normalized spacial score (nSPS) is 17.0. The molecule has 6 heteroatoms. The van der Waals surface area contributed by atoms with Crippen LogP contribution in [0.3, 0.4) is 0 Å². The number of hydrogen-bond acceptors (Lipinski definition) is 3. The summed E-state index contributed by atoms with van der Waals surface area (Å²) in [5.41, 5.74) is -0.297. The van der Waals surface area contributed by atoms with Crippen LogP contribution in [0.15, 0.2) is 28.5 Å². The Bertz CT molecular complexity index is 586. The molecule has 1 heterocycles. The first kappa shape index (κ1) is 9.85. The topological polar surface area (TPSA) is 71.4 Å². The van der Waals surface area contributed by atoms with Crippen LogP contribution >= 0.6 is 0 Å². The highest BCUT2D eigenvalue weighted by molar-refractivity contribution is 7.95. The fourth-order valence-corrected chi connectivity index (χ4v) is 2.83. The van der Waals surface area contributed by atoms with Gasteiger partial charge < -0.3 is 5.11 Å². The highest BCUT2D eigenvalue weighted by atomic mass is 32.2. The molecule has 2 rings (SSSR count). The predicted molar refractivity (Wildman–Crippen MR) is 49.2 cm³/mol. The summed E-state index contributed by atoms with van der Waals surface area (Å²) in [6.07, 6.45) is 0. The first-order chi connectivity index (χ1) is 6.92. The van der Waals surface area contributed by atoms with E-state index in [4.69, 9.17) is 5.11 Å². The van der Waals surface area contributed by atoms with Crippen molar-refractivity contribution in [2.45, 2.75) is 4.90 Å². The summed E-state index contributed by atoms with van der Waals surface area (Å²) in [5, 5.41) is 9.37. The van der Waals surface area contributed by atoms with Crippen LogP contribution in [0.25, 0.3) is 5.57 Å². The summed E-state index contributed by atoms with van der Waals surface area (Å²) in [7, 11) is -3.81. The molecule has 1 aromatic carbocycles. The van der Waals surface area contributed by atoms with Gasteiger partial charge in [0, 0.05) is 5.56 Å². The van der Waals surface area contributed by atoms with Gasteiger partial charge in [-0.3, -0.25) is 0 Å². The van der Waals surface area contributed by atoms with Crippen molar-refractivity contribution in [2.75, 3.05) is 0 Å². The standard InChI is InChI=1S/C9H5FO4S/c10-5-1-2-6-7(9(11)12)4-15(13,14)8(6)3-5/h1-4H,(H,11,12). The number of hydrogen-bond donors (Lipinski definition) is 1. The molecule has 1 aliphatic heterocycles. The van der Waals surface area contributed by atoms with E-state index in [0.717, 1.165) is 18.2 Å². The van der Waals surface area contributed by atoms with Gasteiger partial charge >= 0.3 is 5.97 Å². The van der Waals surface area contributed by atoms with Crippen molar-refractivity contribution < 1.29 is 22.7 Å². The molecule has 0 radical (unpaired) electrons. The van der Waals surface area contributed by atoms with Crippen LogP contribution in [0, 0.1) is 5.82 Å². The lowest BCUT2D eigenvalue weighted by atomic mass is 10.1. The van der Waals surface area contributed by atoms with Gasteiger partial charge in [-0.2, -0.15) is 0 Å². The van der Waals surface area contributed by atoms with Gasteiger partial charge in [0.2, 0.25) is 9.84 Å². The van der Waals surface area contributed by atoms with Crippen LogP contribution in [-0.4, -0.2) is 19.5 Å². The van der Waals surface area contributed by atoms with Crippen molar-refractivity contribution >= 4 is 21.4 Å². The molecule has 0 atom stereocenters. The molecule has 1 aliphatic rings. The zero-order chi connectivity index (χ0) is 11.2. The average Bonchev–Trinajstić information content (AvgIpc) is 2.39. The molecule has 0 aliphatic carbocycles. The summed E-state index contributed by atoms with van der Waals surface area (Å²) in [4.78, 5) is 10.4. The molecule has 0 saturated heterocycles. The summed E-state index contributed by atoms with van der Waals surface area (Å²) in [6.45, 7) is 0. The minimum Gasteiger partial charge on any atom is -0.478 e. The van der Waals surface area contributed by atoms with Crippen molar-refractivity contribution in [3.8, 4) is 0 Å². The van der Waals surface area contributed by atoms with Gasteiger partial charge in [-0.25, -0.2) is 17.6 Å². The Morgan fingerprint density at radius 3 is 2.60 bits per heavy atom. The lowest BCUT2D eigenvalue weighted by molar-refractivity contribution is -0.130. The van der Waals surface area contributed by atoms with E-state index in [1.807, 2.05) is 0 Å². The van der Waals surface area contributed by atoms with Gasteiger partial charge in [0.05, 0.1) is 15.9 Å². The quantitative estimate of drug-likeness (QED) is 0.779. The minimum absolute atomic E-state index is 0.0314. The second kappa shape index (κ2) is 2.90. The first-order valence-electron chi connectivity index (χ1n) is 3.92. The van der Waals surface area contributed by atoms with Gasteiger partial charge in [-0.05, 0) is 18.2 Å². The number of sulfone groups is 1. The second-order valence-corrected chi connectivity index (χ2v) is 4.79. The van der Waals surface area contributed by atoms with Crippen LogP contribution in [0.1, 0.15) is 5.56 Å². The molecule has 0 amide bonds. The van der Waals surface area contributed by atoms with Gasteiger partial charge in [0.15, 0.2) is 0 Å². The molecule has 0 aromatic heterocycles. The van der Waals surface area contributed by atoms with Gasteiger partial charge in [-0.1, -0.05) is 0 Å². The van der Waals surface area contributed by atoms with E-state index < -0.39 is 21.6 Å². The Morgan fingerprint density at radius 1 is 1.33 bits per heavy atom. The molecule has 1 N–H and O–H groups in total. The summed E-state index contributed by atoms with van der Waals surface area (Å²) >= 11 is 0. The Morgan fingerprint density at radius 2 is 2.00 bits per heavy atom. The van der Waals surface area contributed by atoms with E-state index in [0.29, 0.717) is 5.41 Å². The van der Waals surface area contributed by atoms with E-state index in [1.165, 1.54) is 0 Å². The SMILES string of the molecule is O=C(O)C1=CS(=O)(=O)c2cc(F)ccc21. The Balaban J connectivity index is 2.79. The fraction of sp³-hybridized carbons (Fsp3) is 0. The van der Waals surface area contributed by atoms with Crippen LogP contribution in [0.4, 0.5) is 4.39 Å². The van der Waals surface area contributed by atoms with Gasteiger partial charge in [0.25, 0.3) is 0 Å². The Labute approximate surface area is 84.6 Å². The number of carboxylic acids is 1. The minimum atomic E-state index is -3.81. The smallest absolute Gasteiger partial charge is 0.337 e. The molecule has 78 valence electrons. The zero-order valence-electron chi connectivity index (χ0n) is 7.27. The van der Waals surface area contributed by atoms with E-state index in [2.05, 4.69) is 0 Å². The lowest BCUT2D eigenvalue weighted by Gasteiger charge is -1.99. The number of rotatable bonds is 1. The molecular formula is C9H5FO4S. The molecule has 0 bridgehead atoms. The van der Waals surface area contributed by atoms with Gasteiger partial charge in [0.1, 0.15) is 5.82 Å². The second-order valence-electron chi connectivity index (χ2n) is 3.02. The van der Waals surface area contributed by atoms with E-state index in [1.54, 1.807) is 0 Å². The highest BCUT2D eigenvalue weighted by Gasteiger charge is 2.30. The monoisotopic (exact) mass is 228 g/mol. The van der Waals surface area contributed by atoms with E-state index >= 15 is 0 Å². The van der Waals surface area contributed by atoms with Gasteiger partial charge in [-0.15, -0.1) is 0 Å². The predicted octanol–water partition coefficient (Wildman–Crippen LogP) is 1.04. The largest absolute Gasteiger partial charge is 0.478 e. The maximum atomic E-state index is 12.8. The summed E-state index contributed by atoms with van der Waals surface area (Å²) in [5.74, 6) is -2.05. The molecule has 0 spiro atoms. The molecule has 4 nitrogen and oxygen atoms in total. The summed E-state index contributed by atoms with van der Waals surface area (Å²) in [6, 6.07) is 2.99.